The van der Waals surface area contributed by atoms with Gasteiger partial charge in [0.15, 0.2) is 0 Å². The molecule has 23 heavy (non-hydrogen) atoms. The zero-order valence-corrected chi connectivity index (χ0v) is 13.5. The van der Waals surface area contributed by atoms with Gasteiger partial charge in [-0.2, -0.15) is 0 Å². The minimum absolute atomic E-state index is 0.0327. The van der Waals surface area contributed by atoms with Crippen molar-refractivity contribution in [3.05, 3.63) is 71.8 Å². The van der Waals surface area contributed by atoms with E-state index in [4.69, 9.17) is 0 Å². The maximum atomic E-state index is 12.6. The molecule has 0 saturated heterocycles. The summed E-state index contributed by atoms with van der Waals surface area (Å²) in [4.78, 5) is 26.1. The van der Waals surface area contributed by atoms with Gasteiger partial charge in [0.05, 0.1) is 11.3 Å². The molecule has 0 aromatic heterocycles. The van der Waals surface area contributed by atoms with Gasteiger partial charge < -0.3 is 0 Å². The monoisotopic (exact) mass is 305 g/mol. The Balaban J connectivity index is 1.91. The molecule has 0 spiro atoms. The molecule has 116 valence electrons. The third-order valence-electron chi connectivity index (χ3n) is 4.00. The van der Waals surface area contributed by atoms with Gasteiger partial charge in [-0.1, -0.05) is 63.2 Å². The first-order valence-corrected chi connectivity index (χ1v) is 7.64. The molecular formula is C20H19NO2. The zero-order valence-electron chi connectivity index (χ0n) is 13.5. The molecule has 1 aliphatic rings. The van der Waals surface area contributed by atoms with Crippen molar-refractivity contribution in [1.82, 2.24) is 0 Å². The number of hydrogen-bond acceptors (Lipinski definition) is 2. The van der Waals surface area contributed by atoms with Crippen molar-refractivity contribution in [2.24, 2.45) is 0 Å². The first-order chi connectivity index (χ1) is 10.9. The van der Waals surface area contributed by atoms with E-state index >= 15 is 0 Å². The highest BCUT2D eigenvalue weighted by Gasteiger charge is 2.33. The lowest BCUT2D eigenvalue weighted by Crippen LogP contribution is -2.30. The number of amides is 2. The lowest BCUT2D eigenvalue weighted by molar-refractivity contribution is -0.119. The van der Waals surface area contributed by atoms with E-state index in [1.54, 1.807) is 0 Å². The first kappa shape index (κ1) is 15.2. The fourth-order valence-electron chi connectivity index (χ4n) is 2.65. The van der Waals surface area contributed by atoms with Crippen LogP contribution >= 0.6 is 0 Å². The molecule has 0 radical (unpaired) electrons. The molecule has 3 rings (SSSR count). The van der Waals surface area contributed by atoms with Crippen LogP contribution in [0.15, 0.2) is 60.7 Å². The van der Waals surface area contributed by atoms with Gasteiger partial charge in [-0.25, -0.2) is 4.90 Å². The number of imide groups is 1. The lowest BCUT2D eigenvalue weighted by atomic mass is 9.87. The lowest BCUT2D eigenvalue weighted by Gasteiger charge is -2.21. The molecular weight excluding hydrogens is 286 g/mol. The predicted octanol–water partition coefficient (Wildman–Crippen LogP) is 3.94. The summed E-state index contributed by atoms with van der Waals surface area (Å²) < 4.78 is 0. The summed E-state index contributed by atoms with van der Waals surface area (Å²) in [6, 6.07) is 16.9. The van der Waals surface area contributed by atoms with E-state index in [1.165, 1.54) is 11.0 Å². The van der Waals surface area contributed by atoms with Gasteiger partial charge in [-0.3, -0.25) is 9.59 Å². The molecule has 0 aliphatic carbocycles. The van der Waals surface area contributed by atoms with Crippen LogP contribution in [0.3, 0.4) is 0 Å². The first-order valence-electron chi connectivity index (χ1n) is 7.64. The number of anilines is 1. The summed E-state index contributed by atoms with van der Waals surface area (Å²) >= 11 is 0. The van der Waals surface area contributed by atoms with Crippen molar-refractivity contribution >= 4 is 23.1 Å². The maximum Gasteiger partial charge on any atom is 0.266 e. The Labute approximate surface area is 136 Å². The average molecular weight is 305 g/mol. The van der Waals surface area contributed by atoms with E-state index in [0.29, 0.717) is 11.3 Å². The average Bonchev–Trinajstić information content (AvgIpc) is 2.82. The quantitative estimate of drug-likeness (QED) is 0.788. The highest BCUT2D eigenvalue weighted by Crippen LogP contribution is 2.30. The van der Waals surface area contributed by atoms with Gasteiger partial charge in [0.25, 0.3) is 11.8 Å². The summed E-state index contributed by atoms with van der Waals surface area (Å²) in [6.07, 6.45) is 1.41. The standard InChI is InChI=1S/C20H19NO2/c1-20(2,3)15-9-11-16(12-10-15)21-18(22)13-17(19(21)23)14-7-5-4-6-8-14/h4-13H,1-3H3. The molecule has 0 N–H and O–H groups in total. The molecule has 0 saturated carbocycles. The third kappa shape index (κ3) is 2.82. The Morgan fingerprint density at radius 2 is 1.43 bits per heavy atom. The molecule has 0 unspecified atom stereocenters. The van der Waals surface area contributed by atoms with Crippen LogP contribution in [-0.4, -0.2) is 11.8 Å². The summed E-state index contributed by atoms with van der Waals surface area (Å²) in [5.41, 5.74) is 3.01. The summed E-state index contributed by atoms with van der Waals surface area (Å²) in [7, 11) is 0. The van der Waals surface area contributed by atoms with Crippen molar-refractivity contribution in [1.29, 1.82) is 0 Å². The van der Waals surface area contributed by atoms with Crippen molar-refractivity contribution in [3.63, 3.8) is 0 Å². The van der Waals surface area contributed by atoms with E-state index in [1.807, 2.05) is 54.6 Å². The number of rotatable bonds is 2. The topological polar surface area (TPSA) is 37.4 Å². The van der Waals surface area contributed by atoms with Gasteiger partial charge in [-0.15, -0.1) is 0 Å². The Kier molecular flexibility index (Phi) is 3.64. The molecule has 0 bridgehead atoms. The van der Waals surface area contributed by atoms with Crippen molar-refractivity contribution in [2.45, 2.75) is 26.2 Å². The minimum Gasteiger partial charge on any atom is -0.269 e. The second-order valence-corrected chi connectivity index (χ2v) is 6.70. The van der Waals surface area contributed by atoms with Crippen molar-refractivity contribution in [3.8, 4) is 0 Å². The van der Waals surface area contributed by atoms with Gasteiger partial charge in [0, 0.05) is 6.08 Å². The van der Waals surface area contributed by atoms with Crippen LogP contribution < -0.4 is 4.90 Å². The molecule has 3 nitrogen and oxygen atoms in total. The Morgan fingerprint density at radius 3 is 2.00 bits per heavy atom. The molecule has 3 heteroatoms. The van der Waals surface area contributed by atoms with Crippen LogP contribution in [0.2, 0.25) is 0 Å². The van der Waals surface area contributed by atoms with Crippen LogP contribution in [0.1, 0.15) is 31.9 Å². The number of carbonyl (C=O) groups is 2. The van der Waals surface area contributed by atoms with Crippen LogP contribution in [0.4, 0.5) is 5.69 Å². The molecule has 2 aromatic rings. The highest BCUT2D eigenvalue weighted by atomic mass is 16.2. The van der Waals surface area contributed by atoms with E-state index in [0.717, 1.165) is 11.1 Å². The second-order valence-electron chi connectivity index (χ2n) is 6.70. The number of nitrogens with zero attached hydrogens (tertiary/aromatic N) is 1. The van der Waals surface area contributed by atoms with E-state index in [2.05, 4.69) is 20.8 Å². The summed E-state index contributed by atoms with van der Waals surface area (Å²) in [5.74, 6) is -0.568. The Hall–Kier alpha value is -2.68. The number of carbonyl (C=O) groups excluding carboxylic acids is 2. The fraction of sp³-hybridized carbons (Fsp3) is 0.200. The number of benzene rings is 2. The SMILES string of the molecule is CC(C)(C)c1ccc(N2C(=O)C=C(c3ccccc3)C2=O)cc1. The fourth-order valence-corrected chi connectivity index (χ4v) is 2.65. The Morgan fingerprint density at radius 1 is 0.826 bits per heavy atom. The predicted molar refractivity (Wildman–Crippen MR) is 92.1 cm³/mol. The van der Waals surface area contributed by atoms with Crippen molar-refractivity contribution in [2.75, 3.05) is 4.90 Å². The van der Waals surface area contributed by atoms with E-state index in [-0.39, 0.29) is 17.2 Å². The zero-order chi connectivity index (χ0) is 16.6. The number of hydrogen-bond donors (Lipinski definition) is 0. The third-order valence-corrected chi connectivity index (χ3v) is 4.00. The van der Waals surface area contributed by atoms with E-state index < -0.39 is 0 Å². The second kappa shape index (κ2) is 5.51. The highest BCUT2D eigenvalue weighted by molar-refractivity contribution is 6.43. The molecule has 2 amide bonds. The van der Waals surface area contributed by atoms with Gasteiger partial charge >= 0.3 is 0 Å². The summed E-state index contributed by atoms with van der Waals surface area (Å²) in [6.45, 7) is 6.38. The molecule has 0 fully saturated rings. The van der Waals surface area contributed by atoms with Gasteiger partial charge in [-0.05, 0) is 28.7 Å². The van der Waals surface area contributed by atoms with Gasteiger partial charge in [0.1, 0.15) is 0 Å². The largest absolute Gasteiger partial charge is 0.269 e. The molecule has 2 aromatic carbocycles. The van der Waals surface area contributed by atoms with Gasteiger partial charge in [0.2, 0.25) is 0 Å². The molecule has 0 atom stereocenters. The van der Waals surface area contributed by atoms with Crippen molar-refractivity contribution < 1.29 is 9.59 Å². The van der Waals surface area contributed by atoms with Crippen LogP contribution in [0.25, 0.3) is 5.57 Å². The smallest absolute Gasteiger partial charge is 0.266 e. The van der Waals surface area contributed by atoms with E-state index in [9.17, 15) is 9.59 Å². The maximum absolute atomic E-state index is 12.6. The molecule has 1 aliphatic heterocycles. The van der Waals surface area contributed by atoms with Crippen LogP contribution in [0.5, 0.6) is 0 Å². The van der Waals surface area contributed by atoms with Crippen LogP contribution in [0, 0.1) is 0 Å². The summed E-state index contributed by atoms with van der Waals surface area (Å²) in [5, 5.41) is 0. The molecule has 1 heterocycles. The minimum atomic E-state index is -0.294. The Bertz CT molecular complexity index is 781. The van der Waals surface area contributed by atoms with Crippen LogP contribution in [-0.2, 0) is 15.0 Å². The normalized spacial score (nSPS) is 15.1.